The molecule has 8 nitrogen and oxygen atoms in total. The lowest BCUT2D eigenvalue weighted by Crippen LogP contribution is -2.10. The molecule has 0 aliphatic rings. The molecule has 0 unspecified atom stereocenters. The lowest BCUT2D eigenvalue weighted by atomic mass is 10.3. The third-order valence-electron chi connectivity index (χ3n) is 2.14. The van der Waals surface area contributed by atoms with Crippen LogP contribution in [0.5, 0.6) is 0 Å². The highest BCUT2D eigenvalue weighted by Gasteiger charge is 2.19. The van der Waals surface area contributed by atoms with Crippen LogP contribution in [0.3, 0.4) is 0 Å². The van der Waals surface area contributed by atoms with Crippen molar-refractivity contribution >= 4 is 28.3 Å². The van der Waals surface area contributed by atoms with Gasteiger partial charge < -0.3 is 20.3 Å². The quantitative estimate of drug-likeness (QED) is 0.756. The van der Waals surface area contributed by atoms with Crippen molar-refractivity contribution in [3.63, 3.8) is 0 Å². The van der Waals surface area contributed by atoms with Crippen LogP contribution in [0.15, 0.2) is 10.9 Å². The Morgan fingerprint density at radius 3 is 3.17 bits per heavy atom. The number of esters is 1. The van der Waals surface area contributed by atoms with Crippen molar-refractivity contribution in [2.24, 2.45) is 0 Å². The average Bonchev–Trinajstić information content (AvgIpc) is 2.99. The fourth-order valence-corrected chi connectivity index (χ4v) is 2.04. The molecular weight excluding hydrogens is 258 g/mol. The van der Waals surface area contributed by atoms with Gasteiger partial charge in [0.2, 0.25) is 5.89 Å². The highest BCUT2D eigenvalue weighted by atomic mass is 32.1. The SMILES string of the molecule is COC(=O)c1c(N)nsc1NCCc1ncno1. The average molecular weight is 269 g/mol. The molecule has 2 aromatic rings. The smallest absolute Gasteiger partial charge is 0.344 e. The highest BCUT2D eigenvalue weighted by molar-refractivity contribution is 7.11. The van der Waals surface area contributed by atoms with E-state index in [0.29, 0.717) is 23.9 Å². The summed E-state index contributed by atoms with van der Waals surface area (Å²) in [5, 5.41) is 7.10. The summed E-state index contributed by atoms with van der Waals surface area (Å²) in [7, 11) is 1.29. The van der Waals surface area contributed by atoms with Crippen molar-refractivity contribution in [3.8, 4) is 0 Å². The van der Waals surface area contributed by atoms with Crippen molar-refractivity contribution in [2.45, 2.75) is 6.42 Å². The second-order valence-corrected chi connectivity index (χ2v) is 4.05. The van der Waals surface area contributed by atoms with Gasteiger partial charge in [0.15, 0.2) is 12.1 Å². The second kappa shape index (κ2) is 5.45. The number of nitrogen functional groups attached to an aromatic ring is 1. The summed E-state index contributed by atoms with van der Waals surface area (Å²) in [6.07, 6.45) is 1.87. The zero-order valence-electron chi connectivity index (χ0n) is 9.54. The maximum atomic E-state index is 11.5. The number of carbonyl (C=O) groups is 1. The third-order valence-corrected chi connectivity index (χ3v) is 2.96. The Morgan fingerprint density at radius 2 is 2.50 bits per heavy atom. The number of hydrogen-bond donors (Lipinski definition) is 2. The number of carbonyl (C=O) groups excluding carboxylic acids is 1. The van der Waals surface area contributed by atoms with Crippen LogP contribution in [0.1, 0.15) is 16.2 Å². The molecular formula is C9H11N5O3S. The minimum atomic E-state index is -0.512. The number of nitrogens with zero attached hydrogens (tertiary/aromatic N) is 3. The van der Waals surface area contributed by atoms with Gasteiger partial charge in [-0.2, -0.15) is 9.36 Å². The molecule has 0 saturated heterocycles. The fourth-order valence-electron chi connectivity index (χ4n) is 1.31. The van der Waals surface area contributed by atoms with E-state index in [4.69, 9.17) is 10.3 Å². The van der Waals surface area contributed by atoms with Crippen LogP contribution in [-0.4, -0.2) is 34.1 Å². The first-order valence-electron chi connectivity index (χ1n) is 5.05. The number of hydrogen-bond acceptors (Lipinski definition) is 9. The lowest BCUT2D eigenvalue weighted by molar-refractivity contribution is 0.0603. The van der Waals surface area contributed by atoms with E-state index in [-0.39, 0.29) is 11.4 Å². The van der Waals surface area contributed by atoms with Crippen LogP contribution in [-0.2, 0) is 11.2 Å². The van der Waals surface area contributed by atoms with Crippen molar-refractivity contribution in [2.75, 3.05) is 24.7 Å². The number of rotatable bonds is 5. The lowest BCUT2D eigenvalue weighted by Gasteiger charge is -2.04. The number of nitrogens with two attached hydrogens (primary N) is 1. The van der Waals surface area contributed by atoms with Crippen LogP contribution in [0.2, 0.25) is 0 Å². The summed E-state index contributed by atoms with van der Waals surface area (Å²) in [5.74, 6) is 0.160. The predicted molar refractivity (Wildman–Crippen MR) is 64.4 cm³/mol. The maximum absolute atomic E-state index is 11.5. The maximum Gasteiger partial charge on any atom is 0.344 e. The van der Waals surface area contributed by atoms with Gasteiger partial charge in [-0.25, -0.2) is 4.79 Å². The van der Waals surface area contributed by atoms with Gasteiger partial charge in [0, 0.05) is 13.0 Å². The molecule has 0 aromatic carbocycles. The van der Waals surface area contributed by atoms with Gasteiger partial charge in [0.25, 0.3) is 0 Å². The van der Waals surface area contributed by atoms with E-state index in [9.17, 15) is 4.79 Å². The summed E-state index contributed by atoms with van der Waals surface area (Å²) in [6.45, 7) is 0.522. The van der Waals surface area contributed by atoms with E-state index in [2.05, 4.69) is 24.6 Å². The molecule has 96 valence electrons. The van der Waals surface area contributed by atoms with Crippen LogP contribution < -0.4 is 11.1 Å². The van der Waals surface area contributed by atoms with Gasteiger partial charge in [0.05, 0.1) is 7.11 Å². The first-order valence-corrected chi connectivity index (χ1v) is 5.82. The largest absolute Gasteiger partial charge is 0.465 e. The zero-order chi connectivity index (χ0) is 13.0. The van der Waals surface area contributed by atoms with Crippen LogP contribution in [0.4, 0.5) is 10.8 Å². The van der Waals surface area contributed by atoms with Gasteiger partial charge in [-0.3, -0.25) is 0 Å². The number of methoxy groups -OCH3 is 1. The Morgan fingerprint density at radius 1 is 1.67 bits per heavy atom. The van der Waals surface area contributed by atoms with Crippen LogP contribution >= 0.6 is 11.5 Å². The zero-order valence-corrected chi connectivity index (χ0v) is 10.4. The van der Waals surface area contributed by atoms with E-state index < -0.39 is 5.97 Å². The van der Waals surface area contributed by atoms with Gasteiger partial charge in [-0.05, 0) is 11.5 Å². The Labute approximate surface area is 106 Å². The van der Waals surface area contributed by atoms with Crippen molar-refractivity contribution in [3.05, 3.63) is 17.8 Å². The van der Waals surface area contributed by atoms with E-state index in [1.807, 2.05) is 0 Å². The molecule has 0 aliphatic carbocycles. The van der Waals surface area contributed by atoms with Gasteiger partial charge >= 0.3 is 5.97 Å². The normalized spacial score (nSPS) is 10.3. The summed E-state index contributed by atoms with van der Waals surface area (Å²) in [5.41, 5.74) is 5.86. The number of aromatic nitrogens is 3. The first kappa shape index (κ1) is 12.3. The Hall–Kier alpha value is -2.16. The van der Waals surface area contributed by atoms with Crippen LogP contribution in [0, 0.1) is 0 Å². The molecule has 0 spiro atoms. The minimum Gasteiger partial charge on any atom is -0.465 e. The summed E-state index contributed by atoms with van der Waals surface area (Å²) >= 11 is 1.10. The molecule has 0 aliphatic heterocycles. The molecule has 0 atom stereocenters. The molecule has 0 saturated carbocycles. The van der Waals surface area contributed by atoms with E-state index in [1.165, 1.54) is 13.4 Å². The topological polar surface area (TPSA) is 116 Å². The van der Waals surface area contributed by atoms with E-state index in [1.54, 1.807) is 0 Å². The molecule has 2 aromatic heterocycles. The van der Waals surface area contributed by atoms with E-state index >= 15 is 0 Å². The second-order valence-electron chi connectivity index (χ2n) is 3.28. The summed E-state index contributed by atoms with van der Waals surface area (Å²) in [6, 6.07) is 0. The molecule has 9 heteroatoms. The molecule has 0 radical (unpaired) electrons. The molecule has 0 amide bonds. The van der Waals surface area contributed by atoms with Gasteiger partial charge in [-0.1, -0.05) is 5.16 Å². The number of nitrogens with one attached hydrogen (secondary N) is 1. The van der Waals surface area contributed by atoms with Crippen molar-refractivity contribution in [1.82, 2.24) is 14.5 Å². The highest BCUT2D eigenvalue weighted by Crippen LogP contribution is 2.27. The number of anilines is 2. The Kier molecular flexibility index (Phi) is 3.72. The standard InChI is InChI=1S/C9H11N5O3S/c1-16-9(15)6-7(10)14-18-8(6)11-3-2-5-12-4-13-17-5/h4,11H,2-3H2,1H3,(H2,10,14). The Bertz CT molecular complexity index is 524. The summed E-state index contributed by atoms with van der Waals surface area (Å²) < 4.78 is 13.4. The van der Waals surface area contributed by atoms with Crippen molar-refractivity contribution < 1.29 is 14.1 Å². The first-order chi connectivity index (χ1) is 8.72. The van der Waals surface area contributed by atoms with Crippen LogP contribution in [0.25, 0.3) is 0 Å². The fraction of sp³-hybridized carbons (Fsp3) is 0.333. The molecule has 0 bridgehead atoms. The van der Waals surface area contributed by atoms with Gasteiger partial charge in [0.1, 0.15) is 10.6 Å². The Balaban J connectivity index is 1.99. The summed E-state index contributed by atoms with van der Waals surface area (Å²) in [4.78, 5) is 15.4. The molecule has 0 fully saturated rings. The minimum absolute atomic E-state index is 0.159. The molecule has 3 N–H and O–H groups in total. The van der Waals surface area contributed by atoms with E-state index in [0.717, 1.165) is 11.5 Å². The molecule has 18 heavy (non-hydrogen) atoms. The molecule has 2 rings (SSSR count). The number of ether oxygens (including phenoxy) is 1. The monoisotopic (exact) mass is 269 g/mol. The third kappa shape index (κ3) is 2.56. The van der Waals surface area contributed by atoms with Crippen molar-refractivity contribution in [1.29, 1.82) is 0 Å². The molecule has 2 heterocycles. The van der Waals surface area contributed by atoms with Gasteiger partial charge in [-0.15, -0.1) is 0 Å². The predicted octanol–water partition coefficient (Wildman–Crippen LogP) is 0.550.